The van der Waals surface area contributed by atoms with Crippen molar-refractivity contribution in [1.29, 1.82) is 0 Å². The molecule has 0 spiro atoms. The number of hydrogen-bond acceptors (Lipinski definition) is 3. The number of thioether (sulfide) groups is 1. The first kappa shape index (κ1) is 12.3. The average Bonchev–Trinajstić information content (AvgIpc) is 2.49. The van der Waals surface area contributed by atoms with Gasteiger partial charge in [0.15, 0.2) is 0 Å². The molecule has 3 heteroatoms. The van der Waals surface area contributed by atoms with E-state index in [-0.39, 0.29) is 17.3 Å². The van der Waals surface area contributed by atoms with Crippen molar-refractivity contribution in [3.05, 3.63) is 71.8 Å². The van der Waals surface area contributed by atoms with Gasteiger partial charge in [-0.15, -0.1) is 11.8 Å². The first-order chi connectivity index (χ1) is 9.34. The molecular formula is C16H14O2S. The van der Waals surface area contributed by atoms with E-state index in [4.69, 9.17) is 4.74 Å². The van der Waals surface area contributed by atoms with Crippen LogP contribution < -0.4 is 0 Å². The highest BCUT2D eigenvalue weighted by Gasteiger charge is 2.33. The third-order valence-electron chi connectivity index (χ3n) is 3.17. The second kappa shape index (κ2) is 5.49. The highest BCUT2D eigenvalue weighted by Crippen LogP contribution is 2.45. The van der Waals surface area contributed by atoms with Crippen LogP contribution in [-0.2, 0) is 9.53 Å². The Hall–Kier alpha value is -1.74. The van der Waals surface area contributed by atoms with E-state index in [1.807, 2.05) is 48.5 Å². The van der Waals surface area contributed by atoms with E-state index in [1.165, 1.54) is 5.56 Å². The summed E-state index contributed by atoms with van der Waals surface area (Å²) < 4.78 is 5.58. The van der Waals surface area contributed by atoms with Crippen LogP contribution in [0.5, 0.6) is 0 Å². The third kappa shape index (κ3) is 2.66. The lowest BCUT2D eigenvalue weighted by atomic mass is 10.0. The zero-order valence-corrected chi connectivity index (χ0v) is 11.2. The van der Waals surface area contributed by atoms with Crippen LogP contribution in [0.15, 0.2) is 60.7 Å². The molecule has 0 radical (unpaired) electrons. The molecule has 1 aliphatic heterocycles. The predicted octanol–water partition coefficient (Wildman–Crippen LogP) is 3.76. The molecule has 2 nitrogen and oxygen atoms in total. The van der Waals surface area contributed by atoms with Gasteiger partial charge in [-0.05, 0) is 11.1 Å². The van der Waals surface area contributed by atoms with Crippen molar-refractivity contribution in [1.82, 2.24) is 0 Å². The van der Waals surface area contributed by atoms with Gasteiger partial charge >= 0.3 is 5.97 Å². The highest BCUT2D eigenvalue weighted by molar-refractivity contribution is 8.00. The van der Waals surface area contributed by atoms with Crippen LogP contribution in [0.3, 0.4) is 0 Å². The van der Waals surface area contributed by atoms with E-state index in [1.54, 1.807) is 11.8 Å². The molecule has 0 bridgehead atoms. The van der Waals surface area contributed by atoms with Crippen LogP contribution in [-0.4, -0.2) is 11.7 Å². The summed E-state index contributed by atoms with van der Waals surface area (Å²) in [5.74, 6) is 0.286. The summed E-state index contributed by atoms with van der Waals surface area (Å²) in [5, 5.41) is 0.168. The zero-order chi connectivity index (χ0) is 13.1. The summed E-state index contributed by atoms with van der Waals surface area (Å²) in [6.07, 6.45) is -0.199. The summed E-state index contributed by atoms with van der Waals surface area (Å²) in [7, 11) is 0. The second-order valence-electron chi connectivity index (χ2n) is 4.46. The molecule has 2 atom stereocenters. The minimum Gasteiger partial charge on any atom is -0.455 e. The number of cyclic esters (lactones) is 1. The predicted molar refractivity (Wildman–Crippen MR) is 76.9 cm³/mol. The molecule has 0 amide bonds. The molecule has 2 aromatic rings. The summed E-state index contributed by atoms with van der Waals surface area (Å²) in [5.41, 5.74) is 2.26. The molecule has 0 aliphatic carbocycles. The zero-order valence-electron chi connectivity index (χ0n) is 10.4. The van der Waals surface area contributed by atoms with E-state index in [0.29, 0.717) is 5.75 Å². The van der Waals surface area contributed by atoms with E-state index < -0.39 is 0 Å². The highest BCUT2D eigenvalue weighted by atomic mass is 32.2. The van der Waals surface area contributed by atoms with Gasteiger partial charge in [0.25, 0.3) is 0 Å². The van der Waals surface area contributed by atoms with Crippen molar-refractivity contribution in [2.75, 3.05) is 5.75 Å². The lowest BCUT2D eigenvalue weighted by Gasteiger charge is -2.31. The number of carbonyl (C=O) groups excluding carboxylic acids is 1. The van der Waals surface area contributed by atoms with Gasteiger partial charge in [0.05, 0.1) is 11.0 Å². The Morgan fingerprint density at radius 3 is 2.11 bits per heavy atom. The maximum absolute atomic E-state index is 11.6. The molecule has 2 aromatic carbocycles. The Morgan fingerprint density at radius 2 is 1.47 bits per heavy atom. The molecule has 19 heavy (non-hydrogen) atoms. The van der Waals surface area contributed by atoms with Crippen LogP contribution in [0.1, 0.15) is 22.5 Å². The molecular weight excluding hydrogens is 256 g/mol. The lowest BCUT2D eigenvalue weighted by molar-refractivity contribution is -0.147. The molecule has 3 rings (SSSR count). The average molecular weight is 270 g/mol. The van der Waals surface area contributed by atoms with E-state index in [0.717, 1.165) is 5.56 Å². The number of esters is 1. The number of rotatable bonds is 2. The maximum atomic E-state index is 11.6. The second-order valence-corrected chi connectivity index (χ2v) is 5.59. The first-order valence-electron chi connectivity index (χ1n) is 6.25. The summed E-state index contributed by atoms with van der Waals surface area (Å²) in [6, 6.07) is 20.2. The van der Waals surface area contributed by atoms with Crippen molar-refractivity contribution < 1.29 is 9.53 Å². The topological polar surface area (TPSA) is 26.3 Å². The van der Waals surface area contributed by atoms with Crippen molar-refractivity contribution >= 4 is 17.7 Å². The molecule has 0 N–H and O–H groups in total. The van der Waals surface area contributed by atoms with Gasteiger partial charge in [-0.3, -0.25) is 4.79 Å². The van der Waals surface area contributed by atoms with Gasteiger partial charge in [-0.1, -0.05) is 60.7 Å². The number of hydrogen-bond donors (Lipinski definition) is 0. The summed E-state index contributed by atoms with van der Waals surface area (Å²) >= 11 is 1.65. The Balaban J connectivity index is 1.95. The molecule has 96 valence electrons. The summed E-state index contributed by atoms with van der Waals surface area (Å²) in [4.78, 5) is 11.6. The molecule has 1 aliphatic rings. The van der Waals surface area contributed by atoms with Crippen molar-refractivity contribution in [2.24, 2.45) is 0 Å². The molecule has 1 saturated heterocycles. The molecule has 0 saturated carbocycles. The third-order valence-corrected chi connectivity index (χ3v) is 4.45. The van der Waals surface area contributed by atoms with Crippen molar-refractivity contribution in [3.63, 3.8) is 0 Å². The van der Waals surface area contributed by atoms with Gasteiger partial charge < -0.3 is 4.74 Å². The normalized spacial score (nSPS) is 22.8. The fourth-order valence-electron chi connectivity index (χ4n) is 2.28. The largest absolute Gasteiger partial charge is 0.455 e. The Kier molecular flexibility index (Phi) is 3.56. The van der Waals surface area contributed by atoms with Crippen LogP contribution in [0.2, 0.25) is 0 Å². The Labute approximate surface area is 116 Å². The SMILES string of the molecule is O=C1CS[C@H](c2ccccc2)[C@@H](c2ccccc2)O1. The standard InChI is InChI=1S/C16H14O2S/c17-14-11-19-16(13-9-5-2-6-10-13)15(18-14)12-7-3-1-4-8-12/h1-10,15-16H,11H2/t15-,16-/m1/s1. The van der Waals surface area contributed by atoms with Gasteiger partial charge in [0, 0.05) is 0 Å². The van der Waals surface area contributed by atoms with Gasteiger partial charge in [-0.2, -0.15) is 0 Å². The smallest absolute Gasteiger partial charge is 0.316 e. The maximum Gasteiger partial charge on any atom is 0.316 e. The van der Waals surface area contributed by atoms with E-state index in [9.17, 15) is 4.79 Å². The van der Waals surface area contributed by atoms with Gasteiger partial charge in [0.2, 0.25) is 0 Å². The van der Waals surface area contributed by atoms with Crippen LogP contribution >= 0.6 is 11.8 Å². The molecule has 1 fully saturated rings. The van der Waals surface area contributed by atoms with Crippen molar-refractivity contribution in [2.45, 2.75) is 11.4 Å². The Morgan fingerprint density at radius 1 is 0.895 bits per heavy atom. The van der Waals surface area contributed by atoms with Crippen LogP contribution in [0, 0.1) is 0 Å². The van der Waals surface area contributed by atoms with Gasteiger partial charge in [-0.25, -0.2) is 0 Å². The molecule has 0 aromatic heterocycles. The summed E-state index contributed by atoms with van der Waals surface area (Å²) in [6.45, 7) is 0. The molecule has 0 unspecified atom stereocenters. The van der Waals surface area contributed by atoms with Crippen molar-refractivity contribution in [3.8, 4) is 0 Å². The van der Waals surface area contributed by atoms with E-state index in [2.05, 4.69) is 12.1 Å². The van der Waals surface area contributed by atoms with E-state index >= 15 is 0 Å². The number of carbonyl (C=O) groups is 1. The first-order valence-corrected chi connectivity index (χ1v) is 7.30. The lowest BCUT2D eigenvalue weighted by Crippen LogP contribution is -2.24. The van der Waals surface area contributed by atoms with Crippen LogP contribution in [0.4, 0.5) is 0 Å². The minimum absolute atomic E-state index is 0.133. The fraction of sp³-hybridized carbons (Fsp3) is 0.188. The van der Waals surface area contributed by atoms with Gasteiger partial charge in [0.1, 0.15) is 6.10 Å². The Bertz CT molecular complexity index is 553. The van der Waals surface area contributed by atoms with Crippen LogP contribution in [0.25, 0.3) is 0 Å². The number of ether oxygens (including phenoxy) is 1. The number of benzene rings is 2. The quantitative estimate of drug-likeness (QED) is 0.777. The fourth-order valence-corrected chi connectivity index (χ4v) is 3.40. The minimum atomic E-state index is -0.199. The monoisotopic (exact) mass is 270 g/mol. The molecule has 1 heterocycles.